The number of methoxy groups -OCH3 is 2. The van der Waals surface area contributed by atoms with Crippen LogP contribution in [0.15, 0.2) is 48.8 Å². The predicted molar refractivity (Wildman–Crippen MR) is 238 cm³/mol. The number of amides is 3. The SMILES string of the molecule is COCCOCC(=O)SCCOP(=O)(OCCSC(=O)COCCOC)C(F)(F)c1ccc2sc(C(=O)N[C@H]3CCC[C@H]4CC[C@@H](C(=O)N5CC(c6cccnc6)C5)N4C3=O)cc2c1. The number of rotatable bonds is 24. The van der Waals surface area contributed by atoms with E-state index < -0.39 is 60.3 Å². The van der Waals surface area contributed by atoms with Gasteiger partial charge >= 0.3 is 13.3 Å². The molecule has 64 heavy (non-hydrogen) atoms. The van der Waals surface area contributed by atoms with Gasteiger partial charge in [0.2, 0.25) is 22.0 Å². The number of ether oxygens (including phenoxy) is 4. The average Bonchev–Trinajstić information content (AvgIpc) is 3.87. The minimum absolute atomic E-state index is 0.0950. The third kappa shape index (κ3) is 12.7. The molecule has 3 fully saturated rings. The van der Waals surface area contributed by atoms with Crippen LogP contribution in [0.4, 0.5) is 8.78 Å². The summed E-state index contributed by atoms with van der Waals surface area (Å²) in [4.78, 5) is 73.7. The molecule has 3 aliphatic heterocycles. The largest absolute Gasteiger partial charge is 0.404 e. The second-order valence-electron chi connectivity index (χ2n) is 15.3. The number of alkyl halides is 2. The number of thioether (sulfide) groups is 2. The number of carbonyl (C=O) groups excluding carboxylic acids is 5. The molecule has 0 saturated carbocycles. The van der Waals surface area contributed by atoms with Gasteiger partial charge in [-0.15, -0.1) is 11.3 Å². The number of halogens is 2. The van der Waals surface area contributed by atoms with Crippen molar-refractivity contribution in [2.45, 2.75) is 61.8 Å². The maximum Gasteiger partial charge on any atom is 0.404 e. The molecule has 0 radical (unpaired) electrons. The summed E-state index contributed by atoms with van der Waals surface area (Å²) in [6, 6.07) is 7.22. The Balaban J connectivity index is 1.09. The molecule has 0 bridgehead atoms. The Bertz CT molecular complexity index is 2100. The topological polar surface area (TPSA) is 189 Å². The van der Waals surface area contributed by atoms with E-state index in [9.17, 15) is 28.5 Å². The first-order chi connectivity index (χ1) is 30.8. The average molecular weight is 971 g/mol. The van der Waals surface area contributed by atoms with Gasteiger partial charge in [-0.3, -0.25) is 33.5 Å². The summed E-state index contributed by atoms with van der Waals surface area (Å²) in [6.45, 7) is 0.473. The summed E-state index contributed by atoms with van der Waals surface area (Å²) in [5, 5.41) is 2.32. The Morgan fingerprint density at radius 3 is 2.19 bits per heavy atom. The van der Waals surface area contributed by atoms with Gasteiger partial charge in [-0.25, -0.2) is 0 Å². The molecule has 350 valence electrons. The lowest BCUT2D eigenvalue weighted by molar-refractivity contribution is -0.148. The lowest BCUT2D eigenvalue weighted by atomic mass is 9.92. The number of benzene rings is 1. The number of fused-ring (bicyclic) bond motifs is 2. The number of nitrogens with zero attached hydrogens (tertiary/aromatic N) is 3. The van der Waals surface area contributed by atoms with E-state index in [0.29, 0.717) is 49.9 Å². The summed E-state index contributed by atoms with van der Waals surface area (Å²) in [5.41, 5.74) is -3.85. The third-order valence-electron chi connectivity index (χ3n) is 11.0. The molecule has 0 aliphatic carbocycles. The van der Waals surface area contributed by atoms with E-state index in [1.165, 1.54) is 26.4 Å². The van der Waals surface area contributed by atoms with Crippen molar-refractivity contribution >= 4 is 80.5 Å². The maximum atomic E-state index is 16.4. The molecule has 1 aromatic carbocycles. The summed E-state index contributed by atoms with van der Waals surface area (Å²) < 4.78 is 78.1. The quantitative estimate of drug-likeness (QED) is 0.0852. The molecule has 0 unspecified atom stereocenters. The van der Waals surface area contributed by atoms with Gasteiger partial charge in [-0.05, 0) is 67.3 Å². The normalized spacial score (nSPS) is 19.4. The molecule has 5 heterocycles. The number of hydrogen-bond donors (Lipinski definition) is 1. The van der Waals surface area contributed by atoms with E-state index in [1.807, 2.05) is 12.1 Å². The van der Waals surface area contributed by atoms with Crippen molar-refractivity contribution in [1.82, 2.24) is 20.1 Å². The van der Waals surface area contributed by atoms with E-state index in [1.54, 1.807) is 22.2 Å². The minimum Gasteiger partial charge on any atom is -0.382 e. The zero-order chi connectivity index (χ0) is 45.7. The molecule has 16 nitrogen and oxygen atoms in total. The third-order valence-corrected chi connectivity index (χ3v) is 15.7. The second-order valence-corrected chi connectivity index (χ2v) is 20.7. The summed E-state index contributed by atoms with van der Waals surface area (Å²) in [6.07, 6.45) is 6.50. The summed E-state index contributed by atoms with van der Waals surface area (Å²) >= 11 is 2.54. The fraction of sp³-hybridized carbons (Fsp3) is 0.571. The Kier molecular flexibility index (Phi) is 18.7. The van der Waals surface area contributed by atoms with E-state index in [0.717, 1.165) is 52.6 Å². The highest BCUT2D eigenvalue weighted by molar-refractivity contribution is 8.14. The molecule has 3 aromatic rings. The van der Waals surface area contributed by atoms with E-state index in [4.69, 9.17) is 28.0 Å². The van der Waals surface area contributed by atoms with Crippen LogP contribution < -0.4 is 5.32 Å². The van der Waals surface area contributed by atoms with Gasteiger partial charge in [0.05, 0.1) is 44.5 Å². The molecule has 3 saturated heterocycles. The number of nitrogens with one attached hydrogen (secondary N) is 1. The summed E-state index contributed by atoms with van der Waals surface area (Å²) in [5.74, 6) is -1.05. The fourth-order valence-electron chi connectivity index (χ4n) is 7.67. The van der Waals surface area contributed by atoms with Crippen molar-refractivity contribution in [3.05, 3.63) is 64.8 Å². The highest BCUT2D eigenvalue weighted by Gasteiger charge is 2.55. The van der Waals surface area contributed by atoms with Gasteiger partial charge in [0.1, 0.15) is 25.3 Å². The van der Waals surface area contributed by atoms with Crippen molar-refractivity contribution in [3.8, 4) is 0 Å². The van der Waals surface area contributed by atoms with Crippen LogP contribution in [-0.4, -0.2) is 153 Å². The lowest BCUT2D eigenvalue weighted by Crippen LogP contribution is -2.58. The van der Waals surface area contributed by atoms with Gasteiger partial charge in [0.15, 0.2) is 0 Å². The molecular weight excluding hydrogens is 918 g/mol. The Morgan fingerprint density at radius 2 is 1.56 bits per heavy atom. The zero-order valence-corrected chi connectivity index (χ0v) is 39.0. The van der Waals surface area contributed by atoms with Gasteiger partial charge in [-0.2, -0.15) is 8.78 Å². The number of aromatic nitrogens is 1. The maximum absolute atomic E-state index is 16.4. The number of carbonyl (C=O) groups is 5. The molecule has 3 amide bonds. The van der Waals surface area contributed by atoms with E-state index >= 15 is 8.78 Å². The Morgan fingerprint density at radius 1 is 0.891 bits per heavy atom. The second kappa shape index (κ2) is 23.9. The lowest BCUT2D eigenvalue weighted by Gasteiger charge is -2.42. The first kappa shape index (κ1) is 50.1. The molecule has 1 N–H and O–H groups in total. The standard InChI is InChI=1S/C42H53F2N4O12PS3/c1-55-13-15-57-26-37(49)62-19-17-59-61(54,60-18-20-63-38(50)27-58-16-14-56-2)42(43,44)31-8-11-35-29(21-31)22-36(64-35)39(51)46-33-7-3-6-32-9-10-34(48(32)40(33)52)41(53)47-24-30(25-47)28-5-4-12-45-23-28/h4-5,8,11-12,21-23,30,32-34H,3,6-7,9-10,13-20,24-27H2,1-2H3,(H,46,51)/t32-,33-,34-/m0/s1. The number of thiophene rings is 1. The van der Waals surface area contributed by atoms with Crippen LogP contribution in [0.3, 0.4) is 0 Å². The van der Waals surface area contributed by atoms with Gasteiger partial charge in [0.25, 0.3) is 5.91 Å². The van der Waals surface area contributed by atoms with E-state index in [-0.39, 0.29) is 85.2 Å². The van der Waals surface area contributed by atoms with Crippen molar-refractivity contribution in [2.24, 2.45) is 0 Å². The summed E-state index contributed by atoms with van der Waals surface area (Å²) in [7, 11) is -2.35. The number of pyridine rings is 1. The number of likely N-dealkylation sites (tertiary alicyclic amines) is 1. The van der Waals surface area contributed by atoms with Crippen LogP contribution in [-0.2, 0) is 57.4 Å². The van der Waals surface area contributed by atoms with Crippen molar-refractivity contribution < 1.29 is 65.3 Å². The highest BCUT2D eigenvalue weighted by Crippen LogP contribution is 2.67. The van der Waals surface area contributed by atoms with Crippen molar-refractivity contribution in [2.75, 3.05) is 91.7 Å². The number of hydrogen-bond acceptors (Lipinski definition) is 16. The minimum atomic E-state index is -5.32. The highest BCUT2D eigenvalue weighted by atomic mass is 32.2. The van der Waals surface area contributed by atoms with Crippen LogP contribution >= 0.6 is 42.5 Å². The fourth-order valence-corrected chi connectivity index (χ4v) is 11.5. The molecule has 6 rings (SSSR count). The van der Waals surface area contributed by atoms with Crippen molar-refractivity contribution in [3.63, 3.8) is 0 Å². The van der Waals surface area contributed by atoms with Crippen LogP contribution in [0.25, 0.3) is 10.1 Å². The molecule has 2 aromatic heterocycles. The van der Waals surface area contributed by atoms with Crippen molar-refractivity contribution in [1.29, 1.82) is 0 Å². The molecular formula is C42H53F2N4O12PS3. The smallest absolute Gasteiger partial charge is 0.382 e. The first-order valence-corrected chi connectivity index (χ1v) is 25.3. The molecule has 3 aliphatic rings. The van der Waals surface area contributed by atoms with Crippen LogP contribution in [0, 0.1) is 0 Å². The van der Waals surface area contributed by atoms with Gasteiger partial charge < -0.3 is 43.1 Å². The van der Waals surface area contributed by atoms with Crippen LogP contribution in [0.1, 0.15) is 58.8 Å². The predicted octanol–water partition coefficient (Wildman–Crippen LogP) is 5.69. The van der Waals surface area contributed by atoms with Gasteiger partial charge in [-0.1, -0.05) is 35.7 Å². The first-order valence-electron chi connectivity index (χ1n) is 20.9. The van der Waals surface area contributed by atoms with Gasteiger partial charge in [0, 0.05) is 73.4 Å². The molecule has 3 atom stereocenters. The van der Waals surface area contributed by atoms with E-state index in [2.05, 4.69) is 10.3 Å². The van der Waals surface area contributed by atoms with Crippen LogP contribution in [0.5, 0.6) is 0 Å². The zero-order valence-electron chi connectivity index (χ0n) is 35.6. The molecule has 22 heteroatoms. The Labute approximate surface area is 382 Å². The monoisotopic (exact) mass is 970 g/mol. The molecule has 0 spiro atoms. The van der Waals surface area contributed by atoms with Crippen LogP contribution in [0.2, 0.25) is 0 Å². The Hall–Kier alpha value is -3.37.